The van der Waals surface area contributed by atoms with Gasteiger partial charge in [0, 0.05) is 12.1 Å². The minimum Gasteiger partial charge on any atom is -0.477 e. The molecular weight excluding hydrogens is 274 g/mol. The molecule has 0 atom stereocenters. The number of carboxylic acids is 1. The van der Waals surface area contributed by atoms with Crippen molar-refractivity contribution in [3.63, 3.8) is 0 Å². The smallest absolute Gasteiger partial charge is 0.341 e. The van der Waals surface area contributed by atoms with Gasteiger partial charge < -0.3 is 14.2 Å². The lowest BCUT2D eigenvalue weighted by atomic mass is 10.1. The Morgan fingerprint density at radius 2 is 2.14 bits per heavy atom. The van der Waals surface area contributed by atoms with E-state index in [2.05, 4.69) is 10.1 Å². The molecular formula is C14H17N3O4. The van der Waals surface area contributed by atoms with Gasteiger partial charge in [0.25, 0.3) is 5.56 Å². The molecule has 1 N–H and O–H groups in total. The Morgan fingerprint density at radius 3 is 2.76 bits per heavy atom. The third-order valence-corrected chi connectivity index (χ3v) is 3.20. The van der Waals surface area contributed by atoms with E-state index < -0.39 is 11.5 Å². The van der Waals surface area contributed by atoms with Crippen LogP contribution in [0.25, 0.3) is 0 Å². The summed E-state index contributed by atoms with van der Waals surface area (Å²) in [6.07, 6.45) is 1.59. The van der Waals surface area contributed by atoms with Crippen LogP contribution in [0.2, 0.25) is 0 Å². The summed E-state index contributed by atoms with van der Waals surface area (Å²) in [5.41, 5.74) is 0.306. The number of hydrogen-bond acceptors (Lipinski definition) is 5. The van der Waals surface area contributed by atoms with E-state index in [1.807, 2.05) is 6.92 Å². The van der Waals surface area contributed by atoms with Gasteiger partial charge in [-0.15, -0.1) is 0 Å². The van der Waals surface area contributed by atoms with Gasteiger partial charge >= 0.3 is 5.97 Å². The summed E-state index contributed by atoms with van der Waals surface area (Å²) in [4.78, 5) is 27.7. The zero-order valence-corrected chi connectivity index (χ0v) is 12.2. The largest absolute Gasteiger partial charge is 0.477 e. The Balaban J connectivity index is 2.41. The quantitative estimate of drug-likeness (QED) is 0.897. The number of pyridine rings is 1. The molecule has 7 heteroatoms. The van der Waals surface area contributed by atoms with E-state index in [1.165, 1.54) is 4.57 Å². The van der Waals surface area contributed by atoms with Crippen molar-refractivity contribution in [2.45, 2.75) is 40.2 Å². The van der Waals surface area contributed by atoms with Crippen LogP contribution in [0.4, 0.5) is 0 Å². The van der Waals surface area contributed by atoms with Crippen LogP contribution in [-0.4, -0.2) is 25.8 Å². The van der Waals surface area contributed by atoms with Gasteiger partial charge in [-0.25, -0.2) is 4.79 Å². The minimum absolute atomic E-state index is 0.0714. The predicted octanol–water partition coefficient (Wildman–Crippen LogP) is 1.55. The minimum atomic E-state index is -1.23. The number of carbonyl (C=O) groups is 1. The van der Waals surface area contributed by atoms with Crippen LogP contribution in [-0.2, 0) is 13.0 Å². The van der Waals surface area contributed by atoms with E-state index in [0.717, 1.165) is 6.42 Å². The van der Waals surface area contributed by atoms with Crippen LogP contribution in [0.3, 0.4) is 0 Å². The van der Waals surface area contributed by atoms with E-state index >= 15 is 0 Å². The highest BCUT2D eigenvalue weighted by Crippen LogP contribution is 2.09. The maximum Gasteiger partial charge on any atom is 0.341 e. The molecule has 2 heterocycles. The Hall–Kier alpha value is -2.44. The molecule has 0 saturated heterocycles. The van der Waals surface area contributed by atoms with Crippen molar-refractivity contribution < 1.29 is 14.4 Å². The Kier molecular flexibility index (Phi) is 4.21. The number of carboxylic acid groups (broad SMARTS) is 1. The van der Waals surface area contributed by atoms with Crippen LogP contribution in [0.5, 0.6) is 0 Å². The number of aromatic carboxylic acids is 1. The first-order valence-electron chi connectivity index (χ1n) is 6.69. The highest BCUT2D eigenvalue weighted by atomic mass is 16.5. The first-order chi connectivity index (χ1) is 9.93. The second-order valence-corrected chi connectivity index (χ2v) is 4.89. The second-order valence-electron chi connectivity index (χ2n) is 4.89. The van der Waals surface area contributed by atoms with Crippen molar-refractivity contribution in [2.24, 2.45) is 0 Å². The monoisotopic (exact) mass is 291 g/mol. The summed E-state index contributed by atoms with van der Waals surface area (Å²) in [7, 11) is 0. The van der Waals surface area contributed by atoms with E-state index in [1.54, 1.807) is 19.9 Å². The Bertz CT molecular complexity index is 730. The number of rotatable bonds is 5. The number of aryl methyl sites for hydroxylation is 3. The molecule has 0 fully saturated rings. The average molecular weight is 291 g/mol. The van der Waals surface area contributed by atoms with Gasteiger partial charge in [-0.2, -0.15) is 4.98 Å². The Labute approximate surface area is 121 Å². The summed E-state index contributed by atoms with van der Waals surface area (Å²) in [5, 5.41) is 13.0. The molecule has 0 aliphatic carbocycles. The standard InChI is InChI=1S/C14H17N3O4/c1-4-5-10-15-11(21-16-10)7-17-9(3)6-8(2)12(13(17)18)14(19)20/h6H,4-5,7H2,1-3H3,(H,19,20). The molecule has 21 heavy (non-hydrogen) atoms. The van der Waals surface area contributed by atoms with E-state index in [4.69, 9.17) is 9.63 Å². The molecule has 2 aromatic rings. The SMILES string of the molecule is CCCc1noc(Cn2c(C)cc(C)c(C(=O)O)c2=O)n1. The number of nitrogens with zero attached hydrogens (tertiary/aromatic N) is 3. The van der Waals surface area contributed by atoms with Gasteiger partial charge in [-0.3, -0.25) is 4.79 Å². The van der Waals surface area contributed by atoms with E-state index in [-0.39, 0.29) is 12.1 Å². The lowest BCUT2D eigenvalue weighted by Gasteiger charge is -2.10. The highest BCUT2D eigenvalue weighted by Gasteiger charge is 2.18. The fourth-order valence-electron chi connectivity index (χ4n) is 2.20. The maximum absolute atomic E-state index is 12.3. The van der Waals surface area contributed by atoms with E-state index in [0.29, 0.717) is 29.4 Å². The molecule has 0 aromatic carbocycles. The first kappa shape index (κ1) is 15.0. The molecule has 0 aliphatic rings. The maximum atomic E-state index is 12.3. The summed E-state index contributed by atoms with van der Waals surface area (Å²) in [5.74, 6) is -0.351. The molecule has 112 valence electrons. The topological polar surface area (TPSA) is 98.2 Å². The van der Waals surface area contributed by atoms with Crippen molar-refractivity contribution in [3.05, 3.63) is 45.0 Å². The van der Waals surface area contributed by atoms with E-state index in [9.17, 15) is 9.59 Å². The molecule has 2 rings (SSSR count). The first-order valence-corrected chi connectivity index (χ1v) is 6.69. The summed E-state index contributed by atoms with van der Waals surface area (Å²) >= 11 is 0. The second kappa shape index (κ2) is 5.90. The van der Waals surface area contributed by atoms with Crippen LogP contribution in [0.1, 0.15) is 46.7 Å². The molecule has 0 bridgehead atoms. The van der Waals surface area contributed by atoms with Gasteiger partial charge in [-0.1, -0.05) is 12.1 Å². The van der Waals surface area contributed by atoms with Gasteiger partial charge in [0.2, 0.25) is 5.89 Å². The average Bonchev–Trinajstić information content (AvgIpc) is 2.81. The van der Waals surface area contributed by atoms with Gasteiger partial charge in [0.15, 0.2) is 5.82 Å². The van der Waals surface area contributed by atoms with Crippen molar-refractivity contribution in [1.82, 2.24) is 14.7 Å². The molecule has 0 aliphatic heterocycles. The van der Waals surface area contributed by atoms with Crippen LogP contribution in [0, 0.1) is 13.8 Å². The van der Waals surface area contributed by atoms with Crippen molar-refractivity contribution in [1.29, 1.82) is 0 Å². The van der Waals surface area contributed by atoms with Crippen molar-refractivity contribution in [3.8, 4) is 0 Å². The molecule has 0 saturated carbocycles. The summed E-state index contributed by atoms with van der Waals surface area (Å²) in [6.45, 7) is 5.42. The highest BCUT2D eigenvalue weighted by molar-refractivity contribution is 5.88. The van der Waals surface area contributed by atoms with Gasteiger partial charge in [0.05, 0.1) is 0 Å². The fraction of sp³-hybridized carbons (Fsp3) is 0.429. The van der Waals surface area contributed by atoms with Crippen molar-refractivity contribution in [2.75, 3.05) is 0 Å². The van der Waals surface area contributed by atoms with Crippen molar-refractivity contribution >= 4 is 5.97 Å². The predicted molar refractivity (Wildman–Crippen MR) is 74.5 cm³/mol. The van der Waals surface area contributed by atoms with Crippen LogP contribution in [0.15, 0.2) is 15.4 Å². The fourth-order valence-corrected chi connectivity index (χ4v) is 2.20. The summed E-state index contributed by atoms with van der Waals surface area (Å²) < 4.78 is 6.43. The van der Waals surface area contributed by atoms with Gasteiger partial charge in [0.1, 0.15) is 12.1 Å². The molecule has 0 spiro atoms. The molecule has 7 nitrogen and oxygen atoms in total. The van der Waals surface area contributed by atoms with Crippen LogP contribution >= 0.6 is 0 Å². The lowest BCUT2D eigenvalue weighted by Crippen LogP contribution is -2.29. The van der Waals surface area contributed by atoms with Crippen LogP contribution < -0.4 is 5.56 Å². The zero-order chi connectivity index (χ0) is 15.6. The molecule has 2 aromatic heterocycles. The molecule has 0 radical (unpaired) electrons. The number of hydrogen-bond donors (Lipinski definition) is 1. The zero-order valence-electron chi connectivity index (χ0n) is 12.2. The third kappa shape index (κ3) is 3.01. The van der Waals surface area contributed by atoms with Gasteiger partial charge in [-0.05, 0) is 31.9 Å². The number of aromatic nitrogens is 3. The third-order valence-electron chi connectivity index (χ3n) is 3.20. The molecule has 0 unspecified atom stereocenters. The Morgan fingerprint density at radius 1 is 1.43 bits per heavy atom. The summed E-state index contributed by atoms with van der Waals surface area (Å²) in [6, 6.07) is 1.66. The normalized spacial score (nSPS) is 10.8. The molecule has 0 amide bonds. The lowest BCUT2D eigenvalue weighted by molar-refractivity contribution is 0.0693.